The molecule has 0 aliphatic heterocycles. The van der Waals surface area contributed by atoms with Crippen molar-refractivity contribution in [2.45, 2.75) is 56.5 Å². The molecular weight excluding hydrogens is 542 g/mol. The maximum Gasteiger partial charge on any atom is 0.243 e. The molecule has 38 heavy (non-hydrogen) atoms. The zero-order chi connectivity index (χ0) is 26.9. The Morgan fingerprint density at radius 2 is 1.68 bits per heavy atom. The van der Waals surface area contributed by atoms with Gasteiger partial charge in [0.15, 0.2) is 0 Å². The summed E-state index contributed by atoms with van der Waals surface area (Å²) in [5.74, 6) is -0.221. The van der Waals surface area contributed by atoms with Gasteiger partial charge in [-0.05, 0) is 47.7 Å². The molecule has 0 spiro atoms. The molecule has 2 amide bonds. The Labute approximate surface area is 237 Å². The van der Waals surface area contributed by atoms with Gasteiger partial charge in [0, 0.05) is 34.8 Å². The topological polar surface area (TPSA) is 49.4 Å². The number of halogens is 3. The van der Waals surface area contributed by atoms with Crippen LogP contribution in [0.5, 0.6) is 0 Å². The second kappa shape index (κ2) is 14.0. The molecule has 0 bridgehead atoms. The Morgan fingerprint density at radius 1 is 0.974 bits per heavy atom. The lowest BCUT2D eigenvalue weighted by atomic mass is 10.0. The second-order valence-corrected chi connectivity index (χ2v) is 11.4. The highest BCUT2D eigenvalue weighted by atomic mass is 35.5. The first-order valence-corrected chi connectivity index (χ1v) is 14.7. The average Bonchev–Trinajstić information content (AvgIpc) is 3.42. The summed E-state index contributed by atoms with van der Waals surface area (Å²) in [6.07, 6.45) is 4.43. The van der Waals surface area contributed by atoms with E-state index in [9.17, 15) is 14.0 Å². The van der Waals surface area contributed by atoms with E-state index in [1.807, 2.05) is 30.3 Å². The van der Waals surface area contributed by atoms with Crippen LogP contribution in [0.4, 0.5) is 4.39 Å². The van der Waals surface area contributed by atoms with Crippen LogP contribution >= 0.6 is 35.0 Å². The Kier molecular flexibility index (Phi) is 10.5. The smallest absolute Gasteiger partial charge is 0.243 e. The minimum atomic E-state index is -0.730. The lowest BCUT2D eigenvalue weighted by Crippen LogP contribution is -2.52. The number of benzene rings is 3. The number of rotatable bonds is 11. The minimum Gasteiger partial charge on any atom is -0.352 e. The van der Waals surface area contributed by atoms with Gasteiger partial charge in [-0.2, -0.15) is 0 Å². The zero-order valence-corrected chi connectivity index (χ0v) is 23.4. The van der Waals surface area contributed by atoms with E-state index in [4.69, 9.17) is 23.2 Å². The highest BCUT2D eigenvalue weighted by Crippen LogP contribution is 2.26. The minimum absolute atomic E-state index is 0.0988. The summed E-state index contributed by atoms with van der Waals surface area (Å²) in [4.78, 5) is 29.1. The van der Waals surface area contributed by atoms with Crippen LogP contribution in [0.15, 0.2) is 72.8 Å². The van der Waals surface area contributed by atoms with Gasteiger partial charge in [-0.3, -0.25) is 9.59 Å². The molecule has 0 saturated heterocycles. The molecule has 1 aliphatic carbocycles. The van der Waals surface area contributed by atoms with Crippen LogP contribution in [0, 0.1) is 5.82 Å². The molecule has 0 aromatic heterocycles. The Hall–Kier alpha value is -2.54. The third-order valence-corrected chi connectivity index (χ3v) is 8.32. The molecule has 0 unspecified atom stereocenters. The molecule has 3 aromatic carbocycles. The van der Waals surface area contributed by atoms with Gasteiger partial charge in [0.05, 0.1) is 5.75 Å². The third kappa shape index (κ3) is 7.98. The molecule has 8 heteroatoms. The maximum atomic E-state index is 14.1. The second-order valence-electron chi connectivity index (χ2n) is 9.54. The van der Waals surface area contributed by atoms with Gasteiger partial charge in [0.1, 0.15) is 11.9 Å². The van der Waals surface area contributed by atoms with E-state index in [1.165, 1.54) is 17.8 Å². The maximum absolute atomic E-state index is 14.1. The standard InChI is InChI=1S/C30H31Cl2FN2O2S/c31-24-15-14-22(26(32)17-24)18-35(29(36)20-38-19-23-10-4-7-13-27(23)33)28(16-21-8-2-1-3-9-21)30(37)34-25-11-5-6-12-25/h1-4,7-10,13-15,17,25,28H,5-6,11-12,16,18-20H2,(H,34,37)/t28-/m0/s1. The molecule has 1 fully saturated rings. The number of thioether (sulfide) groups is 1. The number of carbonyl (C=O) groups excluding carboxylic acids is 2. The summed E-state index contributed by atoms with van der Waals surface area (Å²) >= 11 is 13.9. The first kappa shape index (κ1) is 28.5. The van der Waals surface area contributed by atoms with E-state index >= 15 is 0 Å². The van der Waals surface area contributed by atoms with Gasteiger partial charge in [0.25, 0.3) is 0 Å². The molecule has 1 N–H and O–H groups in total. The molecular formula is C30H31Cl2FN2O2S. The van der Waals surface area contributed by atoms with Crippen molar-refractivity contribution in [1.29, 1.82) is 0 Å². The predicted molar refractivity (Wildman–Crippen MR) is 154 cm³/mol. The van der Waals surface area contributed by atoms with Crippen molar-refractivity contribution < 1.29 is 14.0 Å². The number of nitrogens with one attached hydrogen (secondary N) is 1. The van der Waals surface area contributed by atoms with Crippen molar-refractivity contribution in [1.82, 2.24) is 10.2 Å². The van der Waals surface area contributed by atoms with Crippen LogP contribution in [0.1, 0.15) is 42.4 Å². The van der Waals surface area contributed by atoms with E-state index in [0.29, 0.717) is 33.3 Å². The first-order valence-electron chi connectivity index (χ1n) is 12.8. The molecule has 0 radical (unpaired) electrons. The molecule has 200 valence electrons. The van der Waals surface area contributed by atoms with Crippen molar-refractivity contribution >= 4 is 46.8 Å². The van der Waals surface area contributed by atoms with Crippen LogP contribution < -0.4 is 5.32 Å². The first-order chi connectivity index (χ1) is 18.4. The van der Waals surface area contributed by atoms with Crippen molar-refractivity contribution in [2.75, 3.05) is 5.75 Å². The van der Waals surface area contributed by atoms with E-state index < -0.39 is 6.04 Å². The SMILES string of the molecule is O=C(NC1CCCC1)[C@H](Cc1ccccc1)N(Cc1ccc(Cl)cc1Cl)C(=O)CSCc1ccccc1F. The van der Waals surface area contributed by atoms with Gasteiger partial charge in [-0.1, -0.05) is 90.6 Å². The van der Waals surface area contributed by atoms with Gasteiger partial charge in [-0.25, -0.2) is 4.39 Å². The molecule has 1 atom stereocenters. The highest BCUT2D eigenvalue weighted by molar-refractivity contribution is 7.99. The molecule has 1 saturated carbocycles. The Balaban J connectivity index is 1.59. The normalized spacial score (nSPS) is 14.3. The fourth-order valence-electron chi connectivity index (χ4n) is 4.70. The molecule has 3 aromatic rings. The van der Waals surface area contributed by atoms with Crippen LogP contribution in [0.25, 0.3) is 0 Å². The fraction of sp³-hybridized carbons (Fsp3) is 0.333. The summed E-state index contributed by atoms with van der Waals surface area (Å²) in [5, 5.41) is 4.12. The Bertz CT molecular complexity index is 1240. The van der Waals surface area contributed by atoms with Gasteiger partial charge < -0.3 is 10.2 Å². The van der Waals surface area contributed by atoms with E-state index in [0.717, 1.165) is 31.2 Å². The van der Waals surface area contributed by atoms with E-state index in [-0.39, 0.29) is 36.0 Å². The van der Waals surface area contributed by atoms with E-state index in [1.54, 1.807) is 41.3 Å². The molecule has 4 rings (SSSR count). The number of carbonyl (C=O) groups is 2. The highest BCUT2D eigenvalue weighted by Gasteiger charge is 2.32. The monoisotopic (exact) mass is 572 g/mol. The third-order valence-electron chi connectivity index (χ3n) is 6.77. The van der Waals surface area contributed by atoms with E-state index in [2.05, 4.69) is 5.32 Å². The van der Waals surface area contributed by atoms with Crippen LogP contribution in [0.2, 0.25) is 10.0 Å². The van der Waals surface area contributed by atoms with Crippen molar-refractivity contribution in [3.63, 3.8) is 0 Å². The lowest BCUT2D eigenvalue weighted by Gasteiger charge is -2.32. The largest absolute Gasteiger partial charge is 0.352 e. The lowest BCUT2D eigenvalue weighted by molar-refractivity contribution is -0.139. The summed E-state index contributed by atoms with van der Waals surface area (Å²) in [6, 6.07) is 20.8. The van der Waals surface area contributed by atoms with Crippen LogP contribution in [-0.2, 0) is 28.3 Å². The average molecular weight is 574 g/mol. The van der Waals surface area contributed by atoms with Crippen molar-refractivity contribution in [3.8, 4) is 0 Å². The van der Waals surface area contributed by atoms with Crippen molar-refractivity contribution in [3.05, 3.63) is 105 Å². The molecule has 4 nitrogen and oxygen atoms in total. The summed E-state index contributed by atoms with van der Waals surface area (Å²) < 4.78 is 14.1. The summed E-state index contributed by atoms with van der Waals surface area (Å²) in [5.41, 5.74) is 2.20. The fourth-order valence-corrected chi connectivity index (χ4v) is 6.07. The summed E-state index contributed by atoms with van der Waals surface area (Å²) in [7, 11) is 0. The van der Waals surface area contributed by atoms with Gasteiger partial charge in [-0.15, -0.1) is 11.8 Å². The number of hydrogen-bond acceptors (Lipinski definition) is 3. The summed E-state index contributed by atoms with van der Waals surface area (Å²) in [6.45, 7) is 0.157. The Morgan fingerprint density at radius 3 is 2.39 bits per heavy atom. The predicted octanol–water partition coefficient (Wildman–Crippen LogP) is 7.06. The number of amides is 2. The van der Waals surface area contributed by atoms with Crippen molar-refractivity contribution in [2.24, 2.45) is 0 Å². The number of hydrogen-bond donors (Lipinski definition) is 1. The van der Waals surface area contributed by atoms with Crippen LogP contribution in [-0.4, -0.2) is 34.6 Å². The molecule has 0 heterocycles. The quantitative estimate of drug-likeness (QED) is 0.267. The van der Waals surface area contributed by atoms with Gasteiger partial charge in [0.2, 0.25) is 11.8 Å². The van der Waals surface area contributed by atoms with Gasteiger partial charge >= 0.3 is 0 Å². The van der Waals surface area contributed by atoms with Crippen LogP contribution in [0.3, 0.4) is 0 Å². The zero-order valence-electron chi connectivity index (χ0n) is 21.0. The number of nitrogens with zero attached hydrogens (tertiary/aromatic N) is 1. The molecule has 1 aliphatic rings.